The molecule has 1 aliphatic rings. The maximum absolute atomic E-state index is 14.0. The van der Waals surface area contributed by atoms with Crippen LogP contribution in [0.5, 0.6) is 11.5 Å². The van der Waals surface area contributed by atoms with Crippen molar-refractivity contribution in [1.82, 2.24) is 9.78 Å². The number of carbonyl (C=O) groups is 1. The van der Waals surface area contributed by atoms with Crippen molar-refractivity contribution in [3.63, 3.8) is 0 Å². The Bertz CT molecular complexity index is 1270. The maximum Gasteiger partial charge on any atom is 0.418 e. The highest BCUT2D eigenvalue weighted by Crippen LogP contribution is 2.45. The van der Waals surface area contributed by atoms with E-state index in [2.05, 4.69) is 15.7 Å². The zero-order chi connectivity index (χ0) is 26.3. The highest BCUT2D eigenvalue weighted by atomic mass is 19.4. The summed E-state index contributed by atoms with van der Waals surface area (Å²) in [5, 5.41) is 8.79. The van der Waals surface area contributed by atoms with Crippen molar-refractivity contribution in [2.75, 3.05) is 24.9 Å². The van der Waals surface area contributed by atoms with E-state index in [4.69, 9.17) is 9.47 Å². The lowest BCUT2D eigenvalue weighted by Crippen LogP contribution is -2.35. The van der Waals surface area contributed by atoms with Gasteiger partial charge in [0.05, 0.1) is 31.5 Å². The van der Waals surface area contributed by atoms with Crippen LogP contribution in [0.2, 0.25) is 0 Å². The number of para-hydroxylation sites is 1. The molecule has 2 heterocycles. The third-order valence-corrected chi connectivity index (χ3v) is 5.71. The summed E-state index contributed by atoms with van der Waals surface area (Å²) < 4.78 is 92.6. The number of benzene rings is 2. The van der Waals surface area contributed by atoms with E-state index in [1.807, 2.05) is 0 Å². The second kappa shape index (κ2) is 9.28. The van der Waals surface area contributed by atoms with Crippen molar-refractivity contribution in [3.05, 3.63) is 65.4 Å². The van der Waals surface area contributed by atoms with Crippen molar-refractivity contribution in [2.24, 2.45) is 0 Å². The van der Waals surface area contributed by atoms with E-state index in [-0.39, 0.29) is 5.82 Å². The van der Waals surface area contributed by atoms with Gasteiger partial charge >= 0.3 is 12.4 Å². The van der Waals surface area contributed by atoms with Crippen LogP contribution >= 0.6 is 0 Å². The molecule has 2 atom stereocenters. The number of anilines is 2. The van der Waals surface area contributed by atoms with E-state index in [1.165, 1.54) is 26.4 Å². The molecule has 1 aliphatic heterocycles. The van der Waals surface area contributed by atoms with Crippen LogP contribution in [0.3, 0.4) is 0 Å². The molecule has 0 saturated heterocycles. The summed E-state index contributed by atoms with van der Waals surface area (Å²) in [7, 11) is 2.82. The van der Waals surface area contributed by atoms with Crippen molar-refractivity contribution in [2.45, 2.75) is 30.9 Å². The molecule has 1 aromatic heterocycles. The first-order valence-corrected chi connectivity index (χ1v) is 10.5. The number of alkyl halides is 6. The van der Waals surface area contributed by atoms with E-state index in [1.54, 1.807) is 12.1 Å². The number of rotatable bonds is 5. The minimum atomic E-state index is -4.74. The predicted octanol–water partition coefficient (Wildman–Crippen LogP) is 5.83. The van der Waals surface area contributed by atoms with Gasteiger partial charge in [0.15, 0.2) is 23.2 Å². The summed E-state index contributed by atoms with van der Waals surface area (Å²) in [6.07, 6.45) is -9.91. The molecule has 0 radical (unpaired) electrons. The SMILES string of the molecule is COc1ccc([C@@H]2C[C@@H](C(F)(F)F)n3nc(C(=O)Nc4ccccc4C(F)(F)F)cc3N2)cc1OC. The highest BCUT2D eigenvalue weighted by molar-refractivity contribution is 6.03. The van der Waals surface area contributed by atoms with Gasteiger partial charge in [-0.2, -0.15) is 31.4 Å². The van der Waals surface area contributed by atoms with Gasteiger partial charge in [0.25, 0.3) is 5.91 Å². The zero-order valence-corrected chi connectivity index (χ0v) is 18.9. The number of nitrogens with one attached hydrogen (secondary N) is 2. The maximum atomic E-state index is 14.0. The lowest BCUT2D eigenvalue weighted by atomic mass is 9.96. The smallest absolute Gasteiger partial charge is 0.418 e. The van der Waals surface area contributed by atoms with Crippen LogP contribution in [0.4, 0.5) is 37.8 Å². The van der Waals surface area contributed by atoms with E-state index >= 15 is 0 Å². The van der Waals surface area contributed by atoms with Crippen LogP contribution in [0, 0.1) is 0 Å². The van der Waals surface area contributed by atoms with Gasteiger partial charge in [0.1, 0.15) is 5.82 Å². The molecule has 192 valence electrons. The average Bonchev–Trinajstić information content (AvgIpc) is 3.26. The molecule has 3 aromatic rings. The van der Waals surface area contributed by atoms with Gasteiger partial charge in [-0.15, -0.1) is 0 Å². The van der Waals surface area contributed by atoms with Crippen molar-refractivity contribution in [3.8, 4) is 11.5 Å². The molecule has 36 heavy (non-hydrogen) atoms. The molecule has 7 nitrogen and oxygen atoms in total. The lowest BCUT2D eigenvalue weighted by Gasteiger charge is -2.33. The molecule has 0 fully saturated rings. The monoisotopic (exact) mass is 514 g/mol. The third-order valence-electron chi connectivity index (χ3n) is 5.71. The molecule has 2 aromatic carbocycles. The van der Waals surface area contributed by atoms with Crippen LogP contribution < -0.4 is 20.1 Å². The molecule has 13 heteroatoms. The zero-order valence-electron chi connectivity index (χ0n) is 18.9. The predicted molar refractivity (Wildman–Crippen MR) is 117 cm³/mol. The van der Waals surface area contributed by atoms with Gasteiger partial charge in [0.2, 0.25) is 0 Å². The topological polar surface area (TPSA) is 77.4 Å². The van der Waals surface area contributed by atoms with Crippen LogP contribution in [0.25, 0.3) is 0 Å². The lowest BCUT2D eigenvalue weighted by molar-refractivity contribution is -0.173. The first-order chi connectivity index (χ1) is 16.9. The Kier molecular flexibility index (Phi) is 6.50. The number of ether oxygens (including phenoxy) is 2. The normalized spacial score (nSPS) is 17.7. The van der Waals surface area contributed by atoms with Gasteiger partial charge in [-0.25, -0.2) is 4.68 Å². The molecule has 0 unspecified atom stereocenters. The molecule has 1 amide bonds. The molecule has 0 bridgehead atoms. The molecule has 4 rings (SSSR count). The summed E-state index contributed by atoms with van der Waals surface area (Å²) in [4.78, 5) is 12.7. The quantitative estimate of drug-likeness (QED) is 0.419. The molecular weight excluding hydrogens is 494 g/mol. The molecule has 0 aliphatic carbocycles. The van der Waals surface area contributed by atoms with Gasteiger partial charge in [-0.1, -0.05) is 18.2 Å². The number of hydrogen-bond acceptors (Lipinski definition) is 5. The second-order valence-electron chi connectivity index (χ2n) is 7.96. The van der Waals surface area contributed by atoms with Crippen LogP contribution in [-0.4, -0.2) is 36.1 Å². The Labute approximate surface area is 201 Å². The number of carbonyl (C=O) groups excluding carboxylic acids is 1. The first-order valence-electron chi connectivity index (χ1n) is 10.5. The Morgan fingerprint density at radius 2 is 1.72 bits per heavy atom. The summed E-state index contributed by atoms with van der Waals surface area (Å²) >= 11 is 0. The van der Waals surface area contributed by atoms with E-state index < -0.39 is 53.7 Å². The average molecular weight is 514 g/mol. The van der Waals surface area contributed by atoms with E-state index in [0.29, 0.717) is 21.7 Å². The van der Waals surface area contributed by atoms with E-state index in [0.717, 1.165) is 24.3 Å². The first kappa shape index (κ1) is 25.2. The Morgan fingerprint density at radius 1 is 1.03 bits per heavy atom. The molecular formula is C23H20F6N4O3. The number of methoxy groups -OCH3 is 2. The van der Waals surface area contributed by atoms with Crippen molar-refractivity contribution in [1.29, 1.82) is 0 Å². The number of halogens is 6. The number of hydrogen-bond donors (Lipinski definition) is 2. The molecule has 0 spiro atoms. The summed E-state index contributed by atoms with van der Waals surface area (Å²) in [6, 6.07) is 7.09. The van der Waals surface area contributed by atoms with Crippen LogP contribution in [-0.2, 0) is 6.18 Å². The van der Waals surface area contributed by atoms with E-state index in [9.17, 15) is 31.1 Å². The second-order valence-corrected chi connectivity index (χ2v) is 7.96. The highest BCUT2D eigenvalue weighted by Gasteiger charge is 2.47. The number of nitrogens with zero attached hydrogens (tertiary/aromatic N) is 2. The summed E-state index contributed by atoms with van der Waals surface area (Å²) in [5.41, 5.74) is -1.64. The summed E-state index contributed by atoms with van der Waals surface area (Å²) in [5.74, 6) is -0.480. The molecule has 0 saturated carbocycles. The largest absolute Gasteiger partial charge is 0.493 e. The van der Waals surface area contributed by atoms with Crippen molar-refractivity contribution >= 4 is 17.4 Å². The van der Waals surface area contributed by atoms with Gasteiger partial charge in [-0.05, 0) is 29.8 Å². The Morgan fingerprint density at radius 3 is 2.36 bits per heavy atom. The number of fused-ring (bicyclic) bond motifs is 1. The minimum Gasteiger partial charge on any atom is -0.493 e. The minimum absolute atomic E-state index is 0.113. The Hall–Kier alpha value is -3.90. The fraction of sp³-hybridized carbons (Fsp3) is 0.304. The van der Waals surface area contributed by atoms with Crippen molar-refractivity contribution < 1.29 is 40.6 Å². The Balaban J connectivity index is 1.66. The fourth-order valence-corrected chi connectivity index (χ4v) is 4.00. The number of amides is 1. The van der Waals surface area contributed by atoms with Gasteiger partial charge < -0.3 is 20.1 Å². The number of aromatic nitrogens is 2. The fourth-order valence-electron chi connectivity index (χ4n) is 4.00. The molecule has 2 N–H and O–H groups in total. The van der Waals surface area contributed by atoms with Gasteiger partial charge in [0, 0.05) is 12.5 Å². The van der Waals surface area contributed by atoms with Gasteiger partial charge in [-0.3, -0.25) is 4.79 Å². The van der Waals surface area contributed by atoms with Crippen LogP contribution in [0.15, 0.2) is 48.5 Å². The third kappa shape index (κ3) is 4.90. The van der Waals surface area contributed by atoms with Crippen LogP contribution in [0.1, 0.15) is 40.1 Å². The standard InChI is InChI=1S/C23H20F6N4O3/c1-35-17-8-7-12(9-18(17)36-2)15-10-19(23(27,28)29)33-20(30-15)11-16(32-33)21(34)31-14-6-4-3-5-13(14)22(24,25)26/h3-9,11,15,19,30H,10H2,1-2H3,(H,31,34)/t15-,19-/m0/s1. The summed E-state index contributed by atoms with van der Waals surface area (Å²) in [6.45, 7) is 0.